The van der Waals surface area contributed by atoms with E-state index >= 15 is 0 Å². The van der Waals surface area contributed by atoms with Crippen LogP contribution in [0.2, 0.25) is 0 Å². The third-order valence-corrected chi connectivity index (χ3v) is 3.99. The molecule has 0 unspecified atom stereocenters. The fraction of sp³-hybridized carbons (Fsp3) is 0.250. The van der Waals surface area contributed by atoms with Crippen molar-refractivity contribution < 1.29 is 35.0 Å². The maximum Gasteiger partial charge on any atom is 0.472 e. The summed E-state index contributed by atoms with van der Waals surface area (Å²) in [6.07, 6.45) is 1.15. The van der Waals surface area contributed by atoms with Crippen LogP contribution in [0, 0.1) is 0 Å². The van der Waals surface area contributed by atoms with Gasteiger partial charge in [-0.1, -0.05) is 60.7 Å². The van der Waals surface area contributed by atoms with Crippen LogP contribution in [0.3, 0.4) is 0 Å². The van der Waals surface area contributed by atoms with Crippen LogP contribution >= 0.6 is 7.82 Å². The zero-order chi connectivity index (χ0) is 15.0. The summed E-state index contributed by atoms with van der Waals surface area (Å²) in [5, 5.41) is 0. The Labute approximate surface area is 141 Å². The molecule has 0 saturated heterocycles. The molecule has 0 radical (unpaired) electrons. The van der Waals surface area contributed by atoms with E-state index in [2.05, 4.69) is 0 Å². The largest absolute Gasteiger partial charge is 0.472 e. The average Bonchev–Trinajstić information content (AvgIpc) is 2.49. The maximum atomic E-state index is 11.7. The van der Waals surface area contributed by atoms with E-state index in [9.17, 15) is 9.46 Å². The van der Waals surface area contributed by atoms with Crippen molar-refractivity contribution in [3.63, 3.8) is 0 Å². The Morgan fingerprint density at radius 3 is 1.50 bits per heavy atom. The van der Waals surface area contributed by atoms with Gasteiger partial charge < -0.3 is 4.89 Å². The number of phosphoric ester groups is 1. The molecule has 4 nitrogen and oxygen atoms in total. The summed E-state index contributed by atoms with van der Waals surface area (Å²) in [5.41, 5.74) is 2.11. The fourth-order valence-corrected chi connectivity index (χ4v) is 2.60. The zero-order valence-electron chi connectivity index (χ0n) is 12.0. The van der Waals surface area contributed by atoms with Crippen LogP contribution in [-0.2, 0) is 42.9 Å². The van der Waals surface area contributed by atoms with Crippen molar-refractivity contribution in [3.8, 4) is 0 Å². The molecule has 0 heterocycles. The first-order valence-corrected chi connectivity index (χ1v) is 8.35. The van der Waals surface area contributed by atoms with E-state index < -0.39 is 7.82 Å². The minimum atomic E-state index is -3.97. The molecule has 0 aliphatic rings. The van der Waals surface area contributed by atoms with Crippen molar-refractivity contribution in [2.24, 2.45) is 0 Å². The third-order valence-electron chi connectivity index (χ3n) is 2.98. The Balaban J connectivity index is 0.00000242. The van der Waals surface area contributed by atoms with Crippen molar-refractivity contribution in [2.45, 2.75) is 12.8 Å². The molecule has 2 aromatic rings. The summed E-state index contributed by atoms with van der Waals surface area (Å²) in [4.78, 5) is 9.58. The van der Waals surface area contributed by atoms with Gasteiger partial charge in [-0.2, -0.15) is 0 Å². The smallest absolute Gasteiger partial charge is 0.302 e. The molecule has 22 heavy (non-hydrogen) atoms. The first-order valence-electron chi connectivity index (χ1n) is 6.85. The van der Waals surface area contributed by atoms with E-state index in [1.54, 1.807) is 0 Å². The Bertz CT molecular complexity index is 528. The van der Waals surface area contributed by atoms with Crippen molar-refractivity contribution in [1.82, 2.24) is 0 Å². The van der Waals surface area contributed by atoms with E-state index in [0.717, 1.165) is 11.1 Å². The molecule has 0 fully saturated rings. The Morgan fingerprint density at radius 2 is 1.14 bits per heavy atom. The van der Waals surface area contributed by atoms with Crippen LogP contribution in [0.5, 0.6) is 0 Å². The van der Waals surface area contributed by atoms with Crippen molar-refractivity contribution in [3.05, 3.63) is 71.8 Å². The predicted octanol–water partition coefficient (Wildman–Crippen LogP) is 3.60. The van der Waals surface area contributed by atoms with Crippen molar-refractivity contribution >= 4 is 7.82 Å². The van der Waals surface area contributed by atoms with Gasteiger partial charge in [0.05, 0.1) is 13.2 Å². The van der Waals surface area contributed by atoms with Crippen LogP contribution < -0.4 is 0 Å². The second-order valence-corrected chi connectivity index (χ2v) is 6.06. The first kappa shape index (κ1) is 19.1. The number of phosphoric acid groups is 1. The number of hydrogen-bond donors (Lipinski definition) is 1. The van der Waals surface area contributed by atoms with Crippen LogP contribution in [0.1, 0.15) is 11.1 Å². The number of rotatable bonds is 8. The number of benzene rings is 2. The van der Waals surface area contributed by atoms with Gasteiger partial charge in [-0.3, -0.25) is 9.05 Å². The second kappa shape index (κ2) is 9.94. The Morgan fingerprint density at radius 1 is 0.773 bits per heavy atom. The standard InChI is InChI=1S/C16H19O4P.Ni/c17-21(18,19-13-11-15-7-3-1-4-8-15)20-14-12-16-9-5-2-6-10-16;/h1-10H,11-14H2,(H,17,18);. The summed E-state index contributed by atoms with van der Waals surface area (Å²) in [7, 11) is -3.97. The minimum absolute atomic E-state index is 0. The van der Waals surface area contributed by atoms with Gasteiger partial charge in [0.2, 0.25) is 0 Å². The molecule has 0 aliphatic heterocycles. The monoisotopic (exact) mass is 364 g/mol. The molecule has 2 rings (SSSR count). The topological polar surface area (TPSA) is 55.8 Å². The van der Waals surface area contributed by atoms with Gasteiger partial charge in [-0.15, -0.1) is 0 Å². The SMILES string of the molecule is O=P(O)(OCCc1ccccc1)OCCc1ccccc1.[Ni]. The summed E-state index contributed by atoms with van der Waals surface area (Å²) < 4.78 is 21.6. The Kier molecular flexibility index (Phi) is 8.62. The molecule has 0 aliphatic carbocycles. The van der Waals surface area contributed by atoms with Gasteiger partial charge in [0, 0.05) is 16.5 Å². The molecule has 0 spiro atoms. The normalized spacial score (nSPS) is 11.0. The fourth-order valence-electron chi connectivity index (χ4n) is 1.88. The van der Waals surface area contributed by atoms with E-state index in [-0.39, 0.29) is 29.7 Å². The van der Waals surface area contributed by atoms with E-state index in [0.29, 0.717) is 12.8 Å². The summed E-state index contributed by atoms with van der Waals surface area (Å²) in [6, 6.07) is 19.3. The first-order chi connectivity index (χ1) is 10.2. The number of hydrogen-bond acceptors (Lipinski definition) is 3. The molecule has 0 amide bonds. The van der Waals surface area contributed by atoms with Gasteiger partial charge in [-0.05, 0) is 24.0 Å². The van der Waals surface area contributed by atoms with E-state index in [1.165, 1.54) is 0 Å². The van der Waals surface area contributed by atoms with Gasteiger partial charge in [0.15, 0.2) is 0 Å². The van der Waals surface area contributed by atoms with E-state index in [4.69, 9.17) is 9.05 Å². The molecular weight excluding hydrogens is 346 g/mol. The van der Waals surface area contributed by atoms with Crippen molar-refractivity contribution in [1.29, 1.82) is 0 Å². The predicted molar refractivity (Wildman–Crippen MR) is 82.0 cm³/mol. The molecular formula is C16H19NiO4P. The third kappa shape index (κ3) is 7.35. The maximum absolute atomic E-state index is 11.7. The van der Waals surface area contributed by atoms with Gasteiger partial charge >= 0.3 is 7.82 Å². The molecule has 1 N–H and O–H groups in total. The van der Waals surface area contributed by atoms with E-state index in [1.807, 2.05) is 60.7 Å². The van der Waals surface area contributed by atoms with Crippen LogP contribution in [-0.4, -0.2) is 18.1 Å². The molecule has 6 heteroatoms. The van der Waals surface area contributed by atoms with Crippen LogP contribution in [0.4, 0.5) is 0 Å². The summed E-state index contributed by atoms with van der Waals surface area (Å²) in [6.45, 7) is 0.312. The van der Waals surface area contributed by atoms with Crippen molar-refractivity contribution in [2.75, 3.05) is 13.2 Å². The quantitative estimate of drug-likeness (QED) is 0.574. The molecule has 122 valence electrons. The molecule has 0 atom stereocenters. The zero-order valence-corrected chi connectivity index (χ0v) is 13.9. The van der Waals surface area contributed by atoms with Crippen LogP contribution in [0.15, 0.2) is 60.7 Å². The van der Waals surface area contributed by atoms with Gasteiger partial charge in [0.1, 0.15) is 0 Å². The van der Waals surface area contributed by atoms with Gasteiger partial charge in [0.25, 0.3) is 0 Å². The molecule has 0 saturated carbocycles. The van der Waals surface area contributed by atoms with Gasteiger partial charge in [-0.25, -0.2) is 4.57 Å². The molecule has 2 aromatic carbocycles. The summed E-state index contributed by atoms with van der Waals surface area (Å²) >= 11 is 0. The summed E-state index contributed by atoms with van der Waals surface area (Å²) in [5.74, 6) is 0. The Hall–Kier alpha value is -0.956. The molecule has 0 bridgehead atoms. The average molecular weight is 365 g/mol. The molecule has 0 aromatic heterocycles. The second-order valence-electron chi connectivity index (χ2n) is 4.61. The van der Waals surface area contributed by atoms with Crippen LogP contribution in [0.25, 0.3) is 0 Å². The minimum Gasteiger partial charge on any atom is -0.302 e.